The van der Waals surface area contributed by atoms with Gasteiger partial charge in [-0.15, -0.1) is 6.42 Å². The van der Waals surface area contributed by atoms with E-state index in [1.807, 2.05) is 6.92 Å². The second-order valence-electron chi connectivity index (χ2n) is 3.02. The summed E-state index contributed by atoms with van der Waals surface area (Å²) in [6, 6.07) is 1.90. The Hall–Kier alpha value is -1.08. The Labute approximate surface area is 96.0 Å². The minimum Gasteiger partial charge on any atom is -0.369 e. The van der Waals surface area contributed by atoms with Crippen molar-refractivity contribution in [2.45, 2.75) is 19.4 Å². The highest BCUT2D eigenvalue weighted by Gasteiger charge is 2.10. The van der Waals surface area contributed by atoms with Gasteiger partial charge in [-0.2, -0.15) is 0 Å². The van der Waals surface area contributed by atoms with Gasteiger partial charge in [-0.1, -0.05) is 12.8 Å². The van der Waals surface area contributed by atoms with Crippen molar-refractivity contribution in [2.24, 2.45) is 0 Å². The highest BCUT2D eigenvalue weighted by molar-refractivity contribution is 9.10. The molecule has 0 heterocycles. The summed E-state index contributed by atoms with van der Waals surface area (Å²) in [7, 11) is 0. The maximum Gasteiger partial charge on any atom is 0.149 e. The third-order valence-corrected chi connectivity index (χ3v) is 2.56. The van der Waals surface area contributed by atoms with Crippen molar-refractivity contribution in [1.82, 2.24) is 0 Å². The van der Waals surface area contributed by atoms with Crippen LogP contribution in [0.25, 0.3) is 0 Å². The van der Waals surface area contributed by atoms with Gasteiger partial charge in [0, 0.05) is 6.07 Å². The lowest BCUT2D eigenvalue weighted by Crippen LogP contribution is -2.16. The number of anilines is 1. The Balaban J connectivity index is 2.96. The van der Waals surface area contributed by atoms with E-state index in [-0.39, 0.29) is 16.2 Å². The first-order chi connectivity index (χ1) is 7.08. The van der Waals surface area contributed by atoms with E-state index in [1.54, 1.807) is 0 Å². The van der Waals surface area contributed by atoms with Crippen molar-refractivity contribution in [3.05, 3.63) is 28.2 Å². The Morgan fingerprint density at radius 2 is 2.13 bits per heavy atom. The molecule has 1 rings (SSSR count). The Bertz CT molecular complexity index is 398. The van der Waals surface area contributed by atoms with Crippen LogP contribution in [0.2, 0.25) is 0 Å². The van der Waals surface area contributed by atoms with Crippen LogP contribution in [-0.4, -0.2) is 6.04 Å². The first-order valence-electron chi connectivity index (χ1n) is 4.45. The molecule has 1 unspecified atom stereocenters. The van der Waals surface area contributed by atoms with E-state index in [1.165, 1.54) is 6.07 Å². The van der Waals surface area contributed by atoms with E-state index >= 15 is 0 Å². The van der Waals surface area contributed by atoms with Gasteiger partial charge in [0.2, 0.25) is 0 Å². The molecular weight excluding hydrogens is 264 g/mol. The Morgan fingerprint density at radius 1 is 1.47 bits per heavy atom. The van der Waals surface area contributed by atoms with Crippen molar-refractivity contribution < 1.29 is 8.78 Å². The summed E-state index contributed by atoms with van der Waals surface area (Å²) in [5, 5.41) is 2.81. The molecule has 1 atom stereocenters. The third kappa shape index (κ3) is 2.93. The summed E-state index contributed by atoms with van der Waals surface area (Å²) >= 11 is 2.98. The minimum absolute atomic E-state index is 0.202. The van der Waals surface area contributed by atoms with Crippen LogP contribution in [0, 0.1) is 24.0 Å². The second-order valence-corrected chi connectivity index (χ2v) is 3.87. The number of rotatable bonds is 3. The summed E-state index contributed by atoms with van der Waals surface area (Å²) < 4.78 is 26.4. The van der Waals surface area contributed by atoms with Crippen LogP contribution in [0.5, 0.6) is 0 Å². The molecule has 15 heavy (non-hydrogen) atoms. The molecule has 1 nitrogen and oxygen atoms in total. The molecule has 0 bridgehead atoms. The number of terminal acetylenes is 1. The normalized spacial score (nSPS) is 11.9. The summed E-state index contributed by atoms with van der Waals surface area (Å²) in [4.78, 5) is 0. The van der Waals surface area contributed by atoms with E-state index in [9.17, 15) is 8.78 Å². The summed E-state index contributed by atoms with van der Waals surface area (Å²) in [5.74, 6) is 1.19. The molecule has 1 aromatic rings. The molecule has 0 aliphatic rings. The molecule has 0 spiro atoms. The number of hydrogen-bond acceptors (Lipinski definition) is 1. The van der Waals surface area contributed by atoms with Crippen molar-refractivity contribution in [3.8, 4) is 12.3 Å². The molecule has 0 aromatic heterocycles. The van der Waals surface area contributed by atoms with Gasteiger partial charge in [0.05, 0.1) is 16.2 Å². The molecule has 0 fully saturated rings. The quantitative estimate of drug-likeness (QED) is 0.656. The maximum absolute atomic E-state index is 13.3. The van der Waals surface area contributed by atoms with Gasteiger partial charge in [0.1, 0.15) is 11.6 Å². The molecule has 1 aromatic carbocycles. The van der Waals surface area contributed by atoms with Crippen LogP contribution >= 0.6 is 15.9 Å². The lowest BCUT2D eigenvalue weighted by Gasteiger charge is -2.13. The number of benzene rings is 1. The Morgan fingerprint density at radius 3 is 2.67 bits per heavy atom. The van der Waals surface area contributed by atoms with Crippen LogP contribution < -0.4 is 5.32 Å². The molecule has 0 aliphatic heterocycles. The fourth-order valence-corrected chi connectivity index (χ4v) is 1.43. The molecule has 0 aliphatic carbocycles. The predicted octanol–water partition coefficient (Wildman–Crippen LogP) is 3.55. The largest absolute Gasteiger partial charge is 0.369 e. The van der Waals surface area contributed by atoms with Gasteiger partial charge in [0.15, 0.2) is 0 Å². The van der Waals surface area contributed by atoms with Gasteiger partial charge >= 0.3 is 0 Å². The average Bonchev–Trinajstić information content (AvgIpc) is 2.21. The molecule has 0 saturated heterocycles. The van der Waals surface area contributed by atoms with Crippen LogP contribution in [-0.2, 0) is 0 Å². The number of halogens is 3. The first kappa shape index (κ1) is 12.0. The highest BCUT2D eigenvalue weighted by atomic mass is 79.9. The van der Waals surface area contributed by atoms with Crippen LogP contribution in [0.1, 0.15) is 13.3 Å². The van der Waals surface area contributed by atoms with E-state index in [0.29, 0.717) is 6.42 Å². The molecule has 0 amide bonds. The first-order valence-corrected chi connectivity index (χ1v) is 5.25. The van der Waals surface area contributed by atoms with E-state index in [2.05, 4.69) is 27.2 Å². The van der Waals surface area contributed by atoms with E-state index < -0.39 is 11.6 Å². The lowest BCUT2D eigenvalue weighted by atomic mass is 10.2. The molecule has 80 valence electrons. The maximum atomic E-state index is 13.3. The number of nitrogens with one attached hydrogen (secondary N) is 1. The zero-order valence-corrected chi connectivity index (χ0v) is 9.74. The Kier molecular flexibility index (Phi) is 4.10. The van der Waals surface area contributed by atoms with E-state index in [4.69, 9.17) is 6.42 Å². The SMILES string of the molecule is C#CC(CC)Nc1cc(Br)c(F)cc1F. The standard InChI is InChI=1S/C11H10BrF2N/c1-3-7(4-2)15-11-5-8(12)9(13)6-10(11)14/h1,5-7,15H,4H2,2H3. The highest BCUT2D eigenvalue weighted by Crippen LogP contribution is 2.24. The molecule has 1 N–H and O–H groups in total. The van der Waals surface area contributed by atoms with Gasteiger partial charge in [-0.25, -0.2) is 8.78 Å². The second kappa shape index (κ2) is 5.13. The summed E-state index contributed by atoms with van der Waals surface area (Å²) in [6.07, 6.45) is 5.90. The fraction of sp³-hybridized carbons (Fsp3) is 0.273. The number of hydrogen-bond donors (Lipinski definition) is 1. The van der Waals surface area contributed by atoms with Gasteiger partial charge in [0.25, 0.3) is 0 Å². The van der Waals surface area contributed by atoms with Crippen molar-refractivity contribution in [1.29, 1.82) is 0 Å². The van der Waals surface area contributed by atoms with E-state index in [0.717, 1.165) is 6.07 Å². The smallest absolute Gasteiger partial charge is 0.149 e. The van der Waals surface area contributed by atoms with Crippen molar-refractivity contribution >= 4 is 21.6 Å². The fourth-order valence-electron chi connectivity index (χ4n) is 1.08. The predicted molar refractivity (Wildman–Crippen MR) is 60.6 cm³/mol. The lowest BCUT2D eigenvalue weighted by molar-refractivity contribution is 0.580. The van der Waals surface area contributed by atoms with Crippen LogP contribution in [0.3, 0.4) is 0 Å². The van der Waals surface area contributed by atoms with Crippen molar-refractivity contribution in [3.63, 3.8) is 0 Å². The topological polar surface area (TPSA) is 12.0 Å². The van der Waals surface area contributed by atoms with Gasteiger partial charge in [-0.3, -0.25) is 0 Å². The van der Waals surface area contributed by atoms with Crippen molar-refractivity contribution in [2.75, 3.05) is 5.32 Å². The van der Waals surface area contributed by atoms with Gasteiger partial charge in [-0.05, 0) is 28.4 Å². The zero-order chi connectivity index (χ0) is 11.4. The average molecular weight is 274 g/mol. The monoisotopic (exact) mass is 273 g/mol. The molecule has 0 saturated carbocycles. The van der Waals surface area contributed by atoms with Gasteiger partial charge < -0.3 is 5.32 Å². The molecular formula is C11H10BrF2N. The minimum atomic E-state index is -0.649. The zero-order valence-electron chi connectivity index (χ0n) is 8.15. The summed E-state index contributed by atoms with van der Waals surface area (Å²) in [5.41, 5.74) is 0.202. The molecule has 0 radical (unpaired) electrons. The summed E-state index contributed by atoms with van der Waals surface area (Å²) in [6.45, 7) is 1.88. The van der Waals surface area contributed by atoms with Crippen LogP contribution in [0.15, 0.2) is 16.6 Å². The van der Waals surface area contributed by atoms with Crippen LogP contribution in [0.4, 0.5) is 14.5 Å². The third-order valence-electron chi connectivity index (χ3n) is 1.95. The molecule has 4 heteroatoms.